The Bertz CT molecular complexity index is 325. The van der Waals surface area contributed by atoms with Crippen LogP contribution in [0.4, 0.5) is 0 Å². The van der Waals surface area contributed by atoms with Crippen molar-refractivity contribution in [2.45, 2.75) is 45.1 Å². The van der Waals surface area contributed by atoms with E-state index < -0.39 is 16.9 Å². The average Bonchev–Trinajstić information content (AvgIpc) is 2.42. The van der Waals surface area contributed by atoms with Crippen LogP contribution in [0.1, 0.15) is 39.5 Å². The highest BCUT2D eigenvalue weighted by atomic mass is 16.5. The van der Waals surface area contributed by atoms with Gasteiger partial charge in [0, 0.05) is 32.6 Å². The van der Waals surface area contributed by atoms with E-state index in [2.05, 4.69) is 5.32 Å². The molecule has 0 aromatic carbocycles. The van der Waals surface area contributed by atoms with Gasteiger partial charge in [0.25, 0.3) is 0 Å². The highest BCUT2D eigenvalue weighted by Crippen LogP contribution is 2.28. The Labute approximate surface area is 113 Å². The minimum Gasteiger partial charge on any atom is -0.480 e. The number of carbonyl (C=O) groups excluding carboxylic acids is 1. The molecule has 0 unspecified atom stereocenters. The Morgan fingerprint density at radius 1 is 1.32 bits per heavy atom. The Morgan fingerprint density at radius 3 is 2.21 bits per heavy atom. The highest BCUT2D eigenvalue weighted by Gasteiger charge is 2.45. The van der Waals surface area contributed by atoms with Crippen molar-refractivity contribution >= 4 is 11.9 Å². The van der Waals surface area contributed by atoms with Gasteiger partial charge >= 0.3 is 5.97 Å². The summed E-state index contributed by atoms with van der Waals surface area (Å²) in [5.74, 6) is -1.26. The van der Waals surface area contributed by atoms with Crippen LogP contribution >= 0.6 is 0 Å². The molecule has 19 heavy (non-hydrogen) atoms. The lowest BCUT2D eigenvalue weighted by atomic mass is 9.79. The first-order valence-corrected chi connectivity index (χ1v) is 6.80. The molecule has 1 aliphatic rings. The summed E-state index contributed by atoms with van der Waals surface area (Å²) < 4.78 is 5.18. The second-order valence-electron chi connectivity index (χ2n) is 5.15. The zero-order valence-electron chi connectivity index (χ0n) is 11.7. The Hall–Kier alpha value is -1.14. The van der Waals surface area contributed by atoms with Crippen molar-refractivity contribution in [2.24, 2.45) is 11.1 Å². The number of hydrogen-bond acceptors (Lipinski definition) is 4. The summed E-state index contributed by atoms with van der Waals surface area (Å²) in [6.07, 6.45) is 1.78. The molecule has 0 bridgehead atoms. The van der Waals surface area contributed by atoms with Gasteiger partial charge in [-0.05, 0) is 12.8 Å². The van der Waals surface area contributed by atoms with Crippen molar-refractivity contribution in [3.8, 4) is 0 Å². The maximum Gasteiger partial charge on any atom is 0.329 e. The minimum atomic E-state index is -1.21. The predicted molar refractivity (Wildman–Crippen MR) is 70.6 cm³/mol. The van der Waals surface area contributed by atoms with E-state index in [1.807, 2.05) is 13.8 Å². The molecular weight excluding hydrogens is 248 g/mol. The summed E-state index contributed by atoms with van der Waals surface area (Å²) in [5, 5.41) is 12.1. The first kappa shape index (κ1) is 15.9. The van der Waals surface area contributed by atoms with Crippen molar-refractivity contribution in [3.05, 3.63) is 0 Å². The summed E-state index contributed by atoms with van der Waals surface area (Å²) in [5.41, 5.74) is 3.83. The number of aliphatic carboxylic acids is 1. The molecule has 4 N–H and O–H groups in total. The molecule has 0 saturated carbocycles. The van der Waals surface area contributed by atoms with Gasteiger partial charge in [0.2, 0.25) is 5.91 Å². The van der Waals surface area contributed by atoms with E-state index in [0.717, 1.165) is 0 Å². The molecule has 1 aliphatic heterocycles. The molecule has 0 radical (unpaired) electrons. The van der Waals surface area contributed by atoms with Gasteiger partial charge in [-0.2, -0.15) is 0 Å². The lowest BCUT2D eigenvalue weighted by Crippen LogP contribution is -2.61. The zero-order valence-corrected chi connectivity index (χ0v) is 11.7. The van der Waals surface area contributed by atoms with Gasteiger partial charge in [-0.3, -0.25) is 4.79 Å². The smallest absolute Gasteiger partial charge is 0.329 e. The molecule has 0 spiro atoms. The van der Waals surface area contributed by atoms with E-state index in [9.17, 15) is 14.7 Å². The van der Waals surface area contributed by atoms with Crippen LogP contribution in [-0.2, 0) is 14.3 Å². The number of carbonyl (C=O) groups is 2. The molecule has 6 nitrogen and oxygen atoms in total. The van der Waals surface area contributed by atoms with E-state index in [1.54, 1.807) is 0 Å². The maximum atomic E-state index is 12.4. The number of nitrogens with two attached hydrogens (primary N) is 1. The summed E-state index contributed by atoms with van der Waals surface area (Å²) in [4.78, 5) is 23.9. The lowest BCUT2D eigenvalue weighted by molar-refractivity contribution is -0.154. The van der Waals surface area contributed by atoms with Crippen molar-refractivity contribution in [2.75, 3.05) is 19.8 Å². The normalized spacial score (nSPS) is 18.9. The van der Waals surface area contributed by atoms with Crippen molar-refractivity contribution in [1.29, 1.82) is 0 Å². The van der Waals surface area contributed by atoms with E-state index in [1.165, 1.54) is 0 Å². The van der Waals surface area contributed by atoms with Crippen LogP contribution in [-0.4, -0.2) is 42.3 Å². The largest absolute Gasteiger partial charge is 0.480 e. The molecule has 0 aliphatic carbocycles. The van der Waals surface area contributed by atoms with Gasteiger partial charge in [-0.1, -0.05) is 13.8 Å². The van der Waals surface area contributed by atoms with Gasteiger partial charge in [0.15, 0.2) is 0 Å². The molecule has 6 heteroatoms. The third-order valence-electron chi connectivity index (χ3n) is 4.33. The summed E-state index contributed by atoms with van der Waals surface area (Å²) in [6, 6.07) is 0. The van der Waals surface area contributed by atoms with Crippen LogP contribution in [0, 0.1) is 5.41 Å². The van der Waals surface area contributed by atoms with Gasteiger partial charge in [-0.15, -0.1) is 0 Å². The number of carboxylic acid groups (broad SMARTS) is 1. The number of carboxylic acids is 1. The fourth-order valence-electron chi connectivity index (χ4n) is 2.41. The van der Waals surface area contributed by atoms with E-state index in [4.69, 9.17) is 10.5 Å². The third-order valence-corrected chi connectivity index (χ3v) is 4.33. The Morgan fingerprint density at radius 2 is 1.84 bits per heavy atom. The highest BCUT2D eigenvalue weighted by molar-refractivity contribution is 5.90. The molecule has 1 amide bonds. The van der Waals surface area contributed by atoms with Crippen molar-refractivity contribution < 1.29 is 19.4 Å². The molecule has 1 fully saturated rings. The summed E-state index contributed by atoms with van der Waals surface area (Å²) in [6.45, 7) is 4.71. The third kappa shape index (κ3) is 3.06. The van der Waals surface area contributed by atoms with Crippen molar-refractivity contribution in [1.82, 2.24) is 5.32 Å². The summed E-state index contributed by atoms with van der Waals surface area (Å²) in [7, 11) is 0. The lowest BCUT2D eigenvalue weighted by Gasteiger charge is -2.38. The minimum absolute atomic E-state index is 0.220. The van der Waals surface area contributed by atoms with Crippen LogP contribution < -0.4 is 11.1 Å². The quantitative estimate of drug-likeness (QED) is 0.653. The van der Waals surface area contributed by atoms with Crippen LogP contribution in [0.25, 0.3) is 0 Å². The predicted octanol–water partition coefficient (Wildman–Crippen LogP) is 0.502. The monoisotopic (exact) mass is 272 g/mol. The van der Waals surface area contributed by atoms with Gasteiger partial charge in [-0.25, -0.2) is 4.79 Å². The number of ether oxygens (including phenoxy) is 1. The zero-order chi connectivity index (χ0) is 14.5. The standard InChI is InChI=1S/C13H24N2O4/c1-3-12(4-2,9-14)10(16)15-13(11(17)18)5-7-19-8-6-13/h3-9,14H2,1-2H3,(H,15,16)(H,17,18). The molecule has 1 heterocycles. The van der Waals surface area contributed by atoms with Gasteiger partial charge in [0.1, 0.15) is 5.54 Å². The Kier molecular flexibility index (Phi) is 5.31. The second kappa shape index (κ2) is 6.34. The number of amides is 1. The molecular formula is C13H24N2O4. The van der Waals surface area contributed by atoms with Crippen LogP contribution in [0.5, 0.6) is 0 Å². The first-order chi connectivity index (χ1) is 8.96. The molecule has 0 aromatic rings. The fraction of sp³-hybridized carbons (Fsp3) is 0.846. The first-order valence-electron chi connectivity index (χ1n) is 6.80. The second-order valence-corrected chi connectivity index (χ2v) is 5.15. The van der Waals surface area contributed by atoms with Crippen LogP contribution in [0.15, 0.2) is 0 Å². The molecule has 0 atom stereocenters. The van der Waals surface area contributed by atoms with Crippen molar-refractivity contribution in [3.63, 3.8) is 0 Å². The number of nitrogens with one attached hydrogen (secondary N) is 1. The molecule has 110 valence electrons. The average molecular weight is 272 g/mol. The van der Waals surface area contributed by atoms with E-state index in [0.29, 0.717) is 38.9 Å². The van der Waals surface area contributed by atoms with Crippen LogP contribution in [0.3, 0.4) is 0 Å². The molecule has 1 saturated heterocycles. The molecule has 0 aromatic heterocycles. The summed E-state index contributed by atoms with van der Waals surface area (Å²) >= 11 is 0. The Balaban J connectivity index is 2.90. The van der Waals surface area contributed by atoms with Crippen LogP contribution in [0.2, 0.25) is 0 Å². The molecule has 1 rings (SSSR count). The van der Waals surface area contributed by atoms with Gasteiger partial charge in [0.05, 0.1) is 5.41 Å². The SMILES string of the molecule is CCC(CC)(CN)C(=O)NC1(C(=O)O)CCOCC1. The topological polar surface area (TPSA) is 102 Å². The number of hydrogen-bond donors (Lipinski definition) is 3. The van der Waals surface area contributed by atoms with Gasteiger partial charge < -0.3 is 20.9 Å². The van der Waals surface area contributed by atoms with E-state index in [-0.39, 0.29) is 12.5 Å². The van der Waals surface area contributed by atoms with E-state index >= 15 is 0 Å². The maximum absolute atomic E-state index is 12.4. The number of rotatable bonds is 6. The fourth-order valence-corrected chi connectivity index (χ4v) is 2.41.